The van der Waals surface area contributed by atoms with Gasteiger partial charge in [-0.25, -0.2) is 13.4 Å². The highest BCUT2D eigenvalue weighted by Gasteiger charge is 2.44. The molecule has 4 amide bonds. The van der Waals surface area contributed by atoms with Crippen LogP contribution in [0.2, 0.25) is 0 Å². The lowest BCUT2D eigenvalue weighted by molar-refractivity contribution is -0.438. The van der Waals surface area contributed by atoms with Crippen molar-refractivity contribution in [2.45, 2.75) is 129 Å². The number of para-hydroxylation sites is 5. The number of allylic oxidation sites excluding steroid dienone is 6. The van der Waals surface area contributed by atoms with Crippen LogP contribution in [0, 0.1) is 5.92 Å². The van der Waals surface area contributed by atoms with Crippen molar-refractivity contribution in [1.82, 2.24) is 25.1 Å². The average Bonchev–Trinajstić information content (AvgIpc) is 3.69. The molecule has 0 atom stereocenters. The number of hydrogen-bond acceptors (Lipinski definition) is 10. The number of nitrogens with zero attached hydrogens (tertiary/aromatic N) is 6. The number of piperidine rings is 1. The summed E-state index contributed by atoms with van der Waals surface area (Å²) in [6.07, 6.45) is 24.6. The van der Waals surface area contributed by atoms with Crippen LogP contribution < -0.4 is 25.8 Å². The van der Waals surface area contributed by atoms with Crippen molar-refractivity contribution in [3.63, 3.8) is 0 Å². The number of aryl methyl sites for hydroxylation is 2. The lowest BCUT2D eigenvalue weighted by Crippen LogP contribution is -2.42. The number of aromatic nitrogens is 2. The standard InChI is InChI=1S/C67H83N9O7S/c1-66(2)53-25-11-15-29-57(53)74(60(66)32-7-5-8-33-61-67(3,4)54-26-12-16-30-58(54)75(61)43-21-22-46-84(81,82)83)42-19-6-9-34-62(77)68-39-40-69-63(78)36-35-51-47-73(49-70-51)41-20-18-23-50-37-44-72(45-38-50)48-64(79)76-56-28-14-10-24-52(56)65(80)71-55-27-13-17-31-59(55)76/h5,7-8,10-17,24-33,47,49-50H,6,9,18-23,34-46,48H2,1-4H3,(H3-,68,69,71,77,78,80,81,82,83). The summed E-state index contributed by atoms with van der Waals surface area (Å²) in [7, 11) is -4.25. The van der Waals surface area contributed by atoms with Gasteiger partial charge in [0.25, 0.3) is 5.91 Å². The molecule has 17 heteroatoms. The van der Waals surface area contributed by atoms with Crippen molar-refractivity contribution in [2.24, 2.45) is 5.92 Å². The predicted molar refractivity (Wildman–Crippen MR) is 332 cm³/mol. The summed E-state index contributed by atoms with van der Waals surface area (Å²) in [4.78, 5) is 63.2. The molecule has 5 aromatic rings. The SMILES string of the molecule is CC1(C)C(/C=C/C=C/C=C2\N(CCCCS(=O)(=O)[O-])c3ccccc3C2(C)C)=[N+](CCCCCC(=O)NCCNC(=O)CCc2cn(CCCCC3CCN(CC(=O)N4c5ccccc5NC(=O)c5ccccc54)CC3)cn2)c2ccccc21. The zero-order chi connectivity index (χ0) is 59.3. The maximum atomic E-state index is 13.9. The highest BCUT2D eigenvalue weighted by atomic mass is 32.2. The van der Waals surface area contributed by atoms with Gasteiger partial charge in [-0.15, -0.1) is 0 Å². The van der Waals surface area contributed by atoms with E-state index in [2.05, 4.69) is 134 Å². The Kier molecular flexibility index (Phi) is 20.3. The van der Waals surface area contributed by atoms with Crippen molar-refractivity contribution >= 4 is 67.9 Å². The van der Waals surface area contributed by atoms with Gasteiger partial charge in [-0.1, -0.05) is 106 Å². The number of carbonyl (C=O) groups excluding carboxylic acids is 4. The van der Waals surface area contributed by atoms with Gasteiger partial charge in [0.15, 0.2) is 5.71 Å². The van der Waals surface area contributed by atoms with Gasteiger partial charge in [0.05, 0.1) is 56.7 Å². The van der Waals surface area contributed by atoms with E-state index in [1.54, 1.807) is 11.0 Å². The van der Waals surface area contributed by atoms with E-state index in [1.165, 1.54) is 22.5 Å². The van der Waals surface area contributed by atoms with Crippen LogP contribution in [0.15, 0.2) is 146 Å². The molecule has 3 N–H and O–H groups in total. The fourth-order valence-corrected chi connectivity index (χ4v) is 13.1. The van der Waals surface area contributed by atoms with E-state index >= 15 is 0 Å². The molecule has 444 valence electrons. The third-order valence-corrected chi connectivity index (χ3v) is 17.9. The van der Waals surface area contributed by atoms with Gasteiger partial charge in [0.2, 0.25) is 23.4 Å². The van der Waals surface area contributed by atoms with Crippen molar-refractivity contribution in [2.75, 3.05) is 66.7 Å². The Morgan fingerprint density at radius 3 is 2.19 bits per heavy atom. The monoisotopic (exact) mass is 1160 g/mol. The summed E-state index contributed by atoms with van der Waals surface area (Å²) in [5, 5.41) is 8.87. The van der Waals surface area contributed by atoms with Crippen LogP contribution in [0.5, 0.6) is 0 Å². The van der Waals surface area contributed by atoms with Crippen LogP contribution in [-0.4, -0.2) is 113 Å². The van der Waals surface area contributed by atoms with Gasteiger partial charge in [0, 0.05) is 91.9 Å². The lowest BCUT2D eigenvalue weighted by Gasteiger charge is -2.33. The smallest absolute Gasteiger partial charge is 0.257 e. The molecule has 0 aliphatic carbocycles. The number of imidazole rings is 1. The molecule has 9 rings (SSSR count). The van der Waals surface area contributed by atoms with Crippen molar-refractivity contribution in [3.8, 4) is 0 Å². The van der Waals surface area contributed by atoms with E-state index in [0.29, 0.717) is 86.8 Å². The van der Waals surface area contributed by atoms with E-state index in [4.69, 9.17) is 0 Å². The molecule has 1 saturated heterocycles. The first kappa shape index (κ1) is 61.1. The minimum Gasteiger partial charge on any atom is -0.748 e. The van der Waals surface area contributed by atoms with Crippen molar-refractivity contribution in [3.05, 3.63) is 168 Å². The number of carbonyl (C=O) groups is 4. The number of unbranched alkanes of at least 4 members (excludes halogenated alkanes) is 4. The Bertz CT molecular complexity index is 3410. The molecule has 0 radical (unpaired) electrons. The van der Waals surface area contributed by atoms with Gasteiger partial charge in [-0.2, -0.15) is 4.58 Å². The largest absolute Gasteiger partial charge is 0.748 e. The summed E-state index contributed by atoms with van der Waals surface area (Å²) >= 11 is 0. The minimum absolute atomic E-state index is 0.0162. The average molecular weight is 1160 g/mol. The van der Waals surface area contributed by atoms with Gasteiger partial charge < -0.3 is 30.0 Å². The van der Waals surface area contributed by atoms with Crippen molar-refractivity contribution in [1.29, 1.82) is 0 Å². The lowest BCUT2D eigenvalue weighted by atomic mass is 9.81. The number of benzene rings is 4. The van der Waals surface area contributed by atoms with Gasteiger partial charge in [0.1, 0.15) is 6.54 Å². The Labute approximate surface area is 496 Å². The normalized spacial score (nSPS) is 17.1. The molecule has 0 bridgehead atoms. The van der Waals surface area contributed by atoms with E-state index in [9.17, 15) is 32.1 Å². The number of rotatable bonds is 27. The molecule has 1 fully saturated rings. The Balaban J connectivity index is 0.639. The van der Waals surface area contributed by atoms with E-state index in [1.807, 2.05) is 67.1 Å². The molecule has 0 unspecified atom stereocenters. The molecule has 16 nitrogen and oxygen atoms in total. The highest BCUT2D eigenvalue weighted by molar-refractivity contribution is 7.85. The summed E-state index contributed by atoms with van der Waals surface area (Å²) < 4.78 is 38.3. The van der Waals surface area contributed by atoms with Crippen LogP contribution in [0.1, 0.15) is 132 Å². The molecule has 4 aromatic carbocycles. The van der Waals surface area contributed by atoms with Crippen molar-refractivity contribution < 1.29 is 36.7 Å². The van der Waals surface area contributed by atoms with Crippen LogP contribution >= 0.6 is 0 Å². The molecule has 0 spiro atoms. The quantitative estimate of drug-likeness (QED) is 0.0197. The summed E-state index contributed by atoms with van der Waals surface area (Å²) in [5.41, 5.74) is 9.95. The zero-order valence-corrected chi connectivity index (χ0v) is 50.2. The molecule has 5 heterocycles. The van der Waals surface area contributed by atoms with Crippen LogP contribution in [0.3, 0.4) is 0 Å². The number of fused-ring (bicyclic) bond motifs is 4. The predicted octanol–water partition coefficient (Wildman–Crippen LogP) is 10.6. The Morgan fingerprint density at radius 2 is 1.42 bits per heavy atom. The first-order chi connectivity index (χ1) is 40.5. The molecular formula is C67H83N9O7S. The first-order valence-corrected chi connectivity index (χ1v) is 31.7. The summed E-state index contributed by atoms with van der Waals surface area (Å²) in [6.45, 7) is 14.0. The fourth-order valence-electron chi connectivity index (χ4n) is 12.5. The summed E-state index contributed by atoms with van der Waals surface area (Å²) in [6, 6.07) is 31.6. The third-order valence-electron chi connectivity index (χ3n) is 17.1. The molecule has 4 aliphatic heterocycles. The maximum absolute atomic E-state index is 13.9. The molecule has 1 aromatic heterocycles. The number of nitrogens with one attached hydrogen (secondary N) is 3. The fraction of sp³-hybridized carbons (Fsp3) is 0.433. The Hall–Kier alpha value is -7.47. The van der Waals surface area contributed by atoms with Gasteiger partial charge in [-0.05, 0) is 126 Å². The molecule has 0 saturated carbocycles. The van der Waals surface area contributed by atoms with Gasteiger partial charge in [-0.3, -0.25) is 29.0 Å². The second-order valence-corrected chi connectivity index (χ2v) is 25.3. The second-order valence-electron chi connectivity index (χ2n) is 23.8. The molecule has 84 heavy (non-hydrogen) atoms. The number of amides is 4. The number of anilines is 4. The van der Waals surface area contributed by atoms with Crippen LogP contribution in [-0.2, 0) is 48.3 Å². The second kappa shape index (κ2) is 27.9. The van der Waals surface area contributed by atoms with E-state index in [0.717, 1.165) is 94.6 Å². The molecular weight excluding hydrogens is 1070 g/mol. The first-order valence-electron chi connectivity index (χ1n) is 30.2. The Morgan fingerprint density at radius 1 is 0.738 bits per heavy atom. The number of likely N-dealkylation sites (tertiary alicyclic amines) is 1. The van der Waals surface area contributed by atoms with E-state index in [-0.39, 0.29) is 40.2 Å². The number of hydrogen-bond donors (Lipinski definition) is 3. The third kappa shape index (κ3) is 15.3. The topological polar surface area (TPSA) is 192 Å². The summed E-state index contributed by atoms with van der Waals surface area (Å²) in [5.74, 6) is -0.0852. The molecule has 4 aliphatic rings. The highest BCUT2D eigenvalue weighted by Crippen LogP contribution is 2.48. The van der Waals surface area contributed by atoms with Gasteiger partial charge >= 0.3 is 0 Å². The van der Waals surface area contributed by atoms with E-state index < -0.39 is 10.1 Å². The van der Waals surface area contributed by atoms with Crippen LogP contribution in [0.25, 0.3) is 0 Å². The zero-order valence-electron chi connectivity index (χ0n) is 49.4. The van der Waals surface area contributed by atoms with Crippen LogP contribution in [0.4, 0.5) is 28.4 Å². The minimum atomic E-state index is -4.25. The maximum Gasteiger partial charge on any atom is 0.257 e.